The third-order valence-corrected chi connectivity index (χ3v) is 4.42. The Morgan fingerprint density at radius 3 is 2.79 bits per heavy atom. The molecule has 3 unspecified atom stereocenters. The molecule has 0 amide bonds. The lowest BCUT2D eigenvalue weighted by atomic mass is 9.94. The van der Waals surface area contributed by atoms with Crippen molar-refractivity contribution in [2.75, 3.05) is 46.1 Å². The van der Waals surface area contributed by atoms with E-state index >= 15 is 0 Å². The Labute approximate surface area is 117 Å². The number of hydrogen-bond acceptors (Lipinski definition) is 4. The van der Waals surface area contributed by atoms with Gasteiger partial charge in [-0.15, -0.1) is 0 Å². The Morgan fingerprint density at radius 2 is 2.00 bits per heavy atom. The summed E-state index contributed by atoms with van der Waals surface area (Å²) in [5, 5.41) is 3.71. The summed E-state index contributed by atoms with van der Waals surface area (Å²) < 4.78 is 11.3. The molecular weight excluding hydrogens is 240 g/mol. The summed E-state index contributed by atoms with van der Waals surface area (Å²) in [7, 11) is 0. The Hall–Kier alpha value is -0.160. The van der Waals surface area contributed by atoms with Gasteiger partial charge in [0.2, 0.25) is 0 Å². The molecule has 2 saturated heterocycles. The lowest BCUT2D eigenvalue weighted by Crippen LogP contribution is -2.53. The average Bonchev–Trinajstić information content (AvgIpc) is 2.47. The smallest absolute Gasteiger partial charge is 0.0622 e. The minimum Gasteiger partial charge on any atom is -0.381 e. The molecule has 112 valence electrons. The van der Waals surface area contributed by atoms with E-state index in [1.165, 1.54) is 12.8 Å². The summed E-state index contributed by atoms with van der Waals surface area (Å²) >= 11 is 0. The van der Waals surface area contributed by atoms with E-state index in [2.05, 4.69) is 24.1 Å². The molecule has 4 heteroatoms. The standard InChI is InChI=1S/C15H30N2O2/c1-3-6-16-15-5-8-18-11-13(15)10-17-7-9-19-12-14(17)4-2/h13-16H,3-12H2,1-2H3. The summed E-state index contributed by atoms with van der Waals surface area (Å²) in [6.45, 7) is 11.5. The van der Waals surface area contributed by atoms with Crippen molar-refractivity contribution in [2.45, 2.75) is 45.2 Å². The highest BCUT2D eigenvalue weighted by Crippen LogP contribution is 2.20. The van der Waals surface area contributed by atoms with Crippen LogP contribution in [0.1, 0.15) is 33.1 Å². The summed E-state index contributed by atoms with van der Waals surface area (Å²) in [4.78, 5) is 2.61. The second-order valence-corrected chi connectivity index (χ2v) is 5.82. The molecular formula is C15H30N2O2. The van der Waals surface area contributed by atoms with Crippen LogP contribution < -0.4 is 5.32 Å². The van der Waals surface area contributed by atoms with Gasteiger partial charge in [0.1, 0.15) is 0 Å². The predicted molar refractivity (Wildman–Crippen MR) is 77.5 cm³/mol. The number of hydrogen-bond donors (Lipinski definition) is 1. The number of nitrogens with zero attached hydrogens (tertiary/aromatic N) is 1. The first-order valence-electron chi connectivity index (χ1n) is 7.98. The van der Waals surface area contributed by atoms with Crippen LogP contribution >= 0.6 is 0 Å². The van der Waals surface area contributed by atoms with Gasteiger partial charge in [-0.05, 0) is 25.8 Å². The zero-order valence-electron chi connectivity index (χ0n) is 12.6. The van der Waals surface area contributed by atoms with Gasteiger partial charge in [-0.2, -0.15) is 0 Å². The molecule has 0 aromatic rings. The molecule has 2 heterocycles. The van der Waals surface area contributed by atoms with E-state index < -0.39 is 0 Å². The van der Waals surface area contributed by atoms with Crippen LogP contribution in [0.15, 0.2) is 0 Å². The minimum atomic E-state index is 0.600. The van der Waals surface area contributed by atoms with Crippen LogP contribution in [0.5, 0.6) is 0 Å². The zero-order chi connectivity index (χ0) is 13.5. The molecule has 0 saturated carbocycles. The molecule has 1 N–H and O–H groups in total. The van der Waals surface area contributed by atoms with Crippen LogP contribution in [-0.4, -0.2) is 63.0 Å². The van der Waals surface area contributed by atoms with E-state index in [1.54, 1.807) is 0 Å². The molecule has 0 spiro atoms. The van der Waals surface area contributed by atoms with Gasteiger partial charge in [0.05, 0.1) is 19.8 Å². The average molecular weight is 270 g/mol. The highest BCUT2D eigenvalue weighted by atomic mass is 16.5. The van der Waals surface area contributed by atoms with Gasteiger partial charge in [-0.1, -0.05) is 13.8 Å². The van der Waals surface area contributed by atoms with E-state index in [0.29, 0.717) is 18.0 Å². The van der Waals surface area contributed by atoms with Gasteiger partial charge in [0.25, 0.3) is 0 Å². The zero-order valence-corrected chi connectivity index (χ0v) is 12.6. The Morgan fingerprint density at radius 1 is 1.16 bits per heavy atom. The molecule has 2 rings (SSSR count). The van der Waals surface area contributed by atoms with Gasteiger partial charge in [-0.3, -0.25) is 4.90 Å². The van der Waals surface area contributed by atoms with Gasteiger partial charge < -0.3 is 14.8 Å². The fraction of sp³-hybridized carbons (Fsp3) is 1.00. The molecule has 19 heavy (non-hydrogen) atoms. The van der Waals surface area contributed by atoms with E-state index in [1.807, 2.05) is 0 Å². The molecule has 2 fully saturated rings. The number of ether oxygens (including phenoxy) is 2. The lowest BCUT2D eigenvalue weighted by Gasteiger charge is -2.41. The van der Waals surface area contributed by atoms with Crippen molar-refractivity contribution in [1.29, 1.82) is 0 Å². The van der Waals surface area contributed by atoms with Crippen LogP contribution in [0, 0.1) is 5.92 Å². The first-order chi connectivity index (χ1) is 9.35. The second-order valence-electron chi connectivity index (χ2n) is 5.82. The van der Waals surface area contributed by atoms with Crippen LogP contribution in [-0.2, 0) is 9.47 Å². The van der Waals surface area contributed by atoms with Crippen LogP contribution in [0.2, 0.25) is 0 Å². The quantitative estimate of drug-likeness (QED) is 0.793. The second kappa shape index (κ2) is 8.20. The van der Waals surface area contributed by atoms with Crippen molar-refractivity contribution in [1.82, 2.24) is 10.2 Å². The largest absolute Gasteiger partial charge is 0.381 e. The summed E-state index contributed by atoms with van der Waals surface area (Å²) in [5.41, 5.74) is 0. The number of morpholine rings is 1. The van der Waals surface area contributed by atoms with Gasteiger partial charge in [0, 0.05) is 37.7 Å². The maximum Gasteiger partial charge on any atom is 0.0622 e. The molecule has 2 aliphatic heterocycles. The molecule has 0 aromatic carbocycles. The molecule has 0 bridgehead atoms. The topological polar surface area (TPSA) is 33.7 Å². The Balaban J connectivity index is 1.86. The van der Waals surface area contributed by atoms with Gasteiger partial charge >= 0.3 is 0 Å². The van der Waals surface area contributed by atoms with Crippen LogP contribution in [0.25, 0.3) is 0 Å². The van der Waals surface area contributed by atoms with E-state index in [9.17, 15) is 0 Å². The van der Waals surface area contributed by atoms with Crippen molar-refractivity contribution in [3.8, 4) is 0 Å². The highest BCUT2D eigenvalue weighted by molar-refractivity contribution is 4.85. The molecule has 0 radical (unpaired) electrons. The fourth-order valence-electron chi connectivity index (χ4n) is 3.18. The number of nitrogens with one attached hydrogen (secondary N) is 1. The molecule has 2 aliphatic rings. The van der Waals surface area contributed by atoms with Crippen LogP contribution in [0.3, 0.4) is 0 Å². The van der Waals surface area contributed by atoms with Crippen molar-refractivity contribution < 1.29 is 9.47 Å². The van der Waals surface area contributed by atoms with Crippen molar-refractivity contribution in [3.05, 3.63) is 0 Å². The summed E-state index contributed by atoms with van der Waals surface area (Å²) in [5.74, 6) is 0.632. The van der Waals surface area contributed by atoms with Gasteiger partial charge in [-0.25, -0.2) is 0 Å². The van der Waals surface area contributed by atoms with E-state index in [0.717, 1.165) is 52.5 Å². The maximum absolute atomic E-state index is 5.70. The van der Waals surface area contributed by atoms with Crippen molar-refractivity contribution in [2.24, 2.45) is 5.92 Å². The van der Waals surface area contributed by atoms with Crippen molar-refractivity contribution >= 4 is 0 Å². The maximum atomic E-state index is 5.70. The van der Waals surface area contributed by atoms with Crippen LogP contribution in [0.4, 0.5) is 0 Å². The highest BCUT2D eigenvalue weighted by Gasteiger charge is 2.30. The molecule has 0 aromatic heterocycles. The number of rotatable bonds is 6. The first-order valence-corrected chi connectivity index (χ1v) is 7.98. The molecule has 4 nitrogen and oxygen atoms in total. The summed E-state index contributed by atoms with van der Waals surface area (Å²) in [6, 6.07) is 1.23. The third-order valence-electron chi connectivity index (χ3n) is 4.42. The monoisotopic (exact) mass is 270 g/mol. The van der Waals surface area contributed by atoms with E-state index in [-0.39, 0.29) is 0 Å². The van der Waals surface area contributed by atoms with E-state index in [4.69, 9.17) is 9.47 Å². The van der Waals surface area contributed by atoms with Crippen molar-refractivity contribution in [3.63, 3.8) is 0 Å². The molecule has 3 atom stereocenters. The SMILES string of the molecule is CCCNC1CCOCC1CN1CCOCC1CC. The first kappa shape index (κ1) is 15.2. The Bertz CT molecular complexity index is 250. The third kappa shape index (κ3) is 4.42. The summed E-state index contributed by atoms with van der Waals surface area (Å²) in [6.07, 6.45) is 3.55. The fourth-order valence-corrected chi connectivity index (χ4v) is 3.18. The minimum absolute atomic E-state index is 0.600. The van der Waals surface area contributed by atoms with Gasteiger partial charge in [0.15, 0.2) is 0 Å². The molecule has 0 aliphatic carbocycles. The normalized spacial score (nSPS) is 33.5. The Kier molecular flexibility index (Phi) is 6.57. The lowest BCUT2D eigenvalue weighted by molar-refractivity contribution is -0.0392. The predicted octanol–water partition coefficient (Wildman–Crippen LogP) is 1.50.